The maximum absolute atomic E-state index is 11.6. The van der Waals surface area contributed by atoms with Crippen LogP contribution in [0.25, 0.3) is 40.6 Å². The molecule has 3 N–H and O–H groups in total. The van der Waals surface area contributed by atoms with Gasteiger partial charge in [-0.3, -0.25) is 14.6 Å². The number of rotatable bonds is 8. The van der Waals surface area contributed by atoms with Crippen molar-refractivity contribution in [3.8, 4) is 0 Å². The molecule has 338 valence electrons. The van der Waals surface area contributed by atoms with Crippen LogP contribution in [-0.4, -0.2) is 127 Å². The zero-order valence-corrected chi connectivity index (χ0v) is 38.5. The molecule has 0 unspecified atom stereocenters. The number of thiophene rings is 2. The van der Waals surface area contributed by atoms with Gasteiger partial charge in [-0.1, -0.05) is 7.43 Å². The van der Waals surface area contributed by atoms with Gasteiger partial charge in [0.05, 0.1) is 42.8 Å². The standard InChI is InChI=1S/C21H23ClN4O2S.C21H24N4O3S.CH4.Cl2OS/c22-19(27)13-1-6-17-16(11-13)18-20(23-12-24-21(18)29-17)25-14-2-4-15(5-3-14)26-7-9-28-10-8-26;26-21(27)13-1-6-17-16(11-13)18-19(22-12-23-20(18)29-17)24-14-2-4-15(5-3-14)25-7-9-28-10-8-25;;1-4(2)3/h1,6,11-12,14-15H,2-5,7-10H2,(H,23,24,25);1,6,11-12,14-15H,2-5,7-10H2,(H,26,27)(H,22,23,24);1H4;. The van der Waals surface area contributed by atoms with Crippen molar-refractivity contribution in [1.82, 2.24) is 29.7 Å². The van der Waals surface area contributed by atoms with Gasteiger partial charge in [-0.2, -0.15) is 0 Å². The minimum atomic E-state index is -1.67. The highest BCUT2D eigenvalue weighted by atomic mass is 36.0. The van der Waals surface area contributed by atoms with Crippen LogP contribution in [0.5, 0.6) is 0 Å². The van der Waals surface area contributed by atoms with E-state index in [1.165, 1.54) is 25.7 Å². The Morgan fingerprint density at radius 3 is 1.46 bits per heavy atom. The Morgan fingerprint density at radius 2 is 1.06 bits per heavy atom. The summed E-state index contributed by atoms with van der Waals surface area (Å²) in [5, 5.41) is 20.0. The van der Waals surface area contributed by atoms with E-state index in [9.17, 15) is 14.7 Å². The molecule has 4 aromatic heterocycles. The Kier molecular flexibility index (Phi) is 16.8. The molecule has 0 spiro atoms. The lowest BCUT2D eigenvalue weighted by Crippen LogP contribution is -2.46. The Labute approximate surface area is 390 Å². The summed E-state index contributed by atoms with van der Waals surface area (Å²) in [6.45, 7) is 7.60. The monoisotopic (exact) mass is 976 g/mol. The quantitative estimate of drug-likeness (QED) is 0.123. The van der Waals surface area contributed by atoms with Gasteiger partial charge in [-0.25, -0.2) is 28.9 Å². The molecule has 14 nitrogen and oxygen atoms in total. The molecule has 0 bridgehead atoms. The van der Waals surface area contributed by atoms with Gasteiger partial charge in [0.15, 0.2) is 0 Å². The number of hydrogen-bond donors (Lipinski definition) is 3. The molecule has 6 aromatic rings. The Morgan fingerprint density at radius 1 is 0.667 bits per heavy atom. The van der Waals surface area contributed by atoms with E-state index in [1.807, 2.05) is 18.2 Å². The number of nitrogens with zero attached hydrogens (tertiary/aromatic N) is 6. The number of nitrogens with one attached hydrogen (secondary N) is 2. The second-order valence-electron chi connectivity index (χ2n) is 15.8. The van der Waals surface area contributed by atoms with E-state index >= 15 is 0 Å². The maximum atomic E-state index is 11.6. The summed E-state index contributed by atoms with van der Waals surface area (Å²) < 4.78 is 22.2. The Hall–Kier alpha value is -3.36. The van der Waals surface area contributed by atoms with Gasteiger partial charge in [0.1, 0.15) is 34.0 Å². The maximum Gasteiger partial charge on any atom is 0.335 e. The molecule has 4 fully saturated rings. The molecule has 2 saturated heterocycles. The number of morpholine rings is 2. The SMILES string of the molecule is C.O=C(Cl)c1ccc2sc3ncnc(NC4CCC(N5CCOCC5)CC4)c3c2c1.O=C(O)c1ccc2sc3ncnc(NC4CCC(N5CCOCC5)CC4)c3c2c1.O=S(Cl)Cl. The molecule has 4 aliphatic rings. The normalized spacial score (nSPS) is 22.2. The largest absolute Gasteiger partial charge is 0.478 e. The van der Waals surface area contributed by atoms with Gasteiger partial charge in [0.25, 0.3) is 5.24 Å². The first-order valence-electron chi connectivity index (χ1n) is 20.8. The first-order valence-corrected chi connectivity index (χ1v) is 25.6. The fourth-order valence-electron chi connectivity index (χ4n) is 9.13. The van der Waals surface area contributed by atoms with E-state index in [0.717, 1.165) is 131 Å². The van der Waals surface area contributed by atoms with Crippen molar-refractivity contribution in [3.63, 3.8) is 0 Å². The van der Waals surface area contributed by atoms with Crippen molar-refractivity contribution >= 4 is 128 Å². The number of anilines is 2. The van der Waals surface area contributed by atoms with E-state index in [2.05, 4.69) is 61.7 Å². The van der Waals surface area contributed by atoms with Crippen molar-refractivity contribution < 1.29 is 28.4 Å². The molecule has 10 rings (SSSR count). The van der Waals surface area contributed by atoms with Crippen LogP contribution in [0.15, 0.2) is 49.1 Å². The highest BCUT2D eigenvalue weighted by Gasteiger charge is 2.29. The van der Waals surface area contributed by atoms with Crippen molar-refractivity contribution in [2.24, 2.45) is 0 Å². The molecule has 2 saturated carbocycles. The number of halogens is 3. The van der Waals surface area contributed by atoms with E-state index < -0.39 is 20.4 Å². The summed E-state index contributed by atoms with van der Waals surface area (Å²) in [7, 11) is 7.36. The van der Waals surface area contributed by atoms with E-state index in [1.54, 1.807) is 53.5 Å². The number of hydrogen-bond acceptors (Lipinski definition) is 15. The lowest BCUT2D eigenvalue weighted by Gasteiger charge is -2.39. The van der Waals surface area contributed by atoms with Crippen molar-refractivity contribution in [3.05, 3.63) is 60.2 Å². The van der Waals surface area contributed by atoms with Crippen LogP contribution in [0, 0.1) is 0 Å². The summed E-state index contributed by atoms with van der Waals surface area (Å²) in [6, 6.07) is 12.9. The van der Waals surface area contributed by atoms with Gasteiger partial charge in [0.2, 0.25) is 9.23 Å². The number of aromatic nitrogens is 4. The van der Waals surface area contributed by atoms with Crippen LogP contribution >= 0.6 is 55.6 Å². The number of ether oxygens (including phenoxy) is 2. The average molecular weight is 978 g/mol. The summed E-state index contributed by atoms with van der Waals surface area (Å²) in [5.41, 5.74) is 0.790. The summed E-state index contributed by atoms with van der Waals surface area (Å²) in [6.07, 6.45) is 12.4. The third-order valence-corrected chi connectivity index (χ3v) is 14.6. The Bertz CT molecular complexity index is 2370. The van der Waals surface area contributed by atoms with E-state index in [-0.39, 0.29) is 13.0 Å². The van der Waals surface area contributed by atoms with Gasteiger partial charge in [-0.05, 0) is 99.4 Å². The molecular weight excluding hydrogens is 927 g/mol. The lowest BCUT2D eigenvalue weighted by atomic mass is 9.90. The number of fused-ring (bicyclic) bond motifs is 6. The van der Waals surface area contributed by atoms with Gasteiger partial charge in [0, 0.05) is 97.4 Å². The Balaban J connectivity index is 0.000000172. The number of carboxylic acids is 1. The van der Waals surface area contributed by atoms with Crippen molar-refractivity contribution in [2.75, 3.05) is 63.2 Å². The molecule has 0 amide bonds. The first kappa shape index (κ1) is 47.6. The molecule has 2 aliphatic carbocycles. The summed E-state index contributed by atoms with van der Waals surface area (Å²) in [4.78, 5) is 47.9. The van der Waals surface area contributed by atoms with E-state index in [4.69, 9.17) is 25.3 Å². The van der Waals surface area contributed by atoms with E-state index in [0.29, 0.717) is 29.7 Å². The molecule has 0 atom stereocenters. The van der Waals surface area contributed by atoms with Crippen LogP contribution in [0.4, 0.5) is 11.6 Å². The number of carbonyl (C=O) groups is 2. The number of carbonyl (C=O) groups excluding carboxylic acids is 1. The molecule has 20 heteroatoms. The molecule has 63 heavy (non-hydrogen) atoms. The zero-order valence-electron chi connectivity index (χ0n) is 33.8. The highest BCUT2D eigenvalue weighted by molar-refractivity contribution is 8.26. The minimum absolute atomic E-state index is 0. The fourth-order valence-corrected chi connectivity index (χ4v) is 11.3. The van der Waals surface area contributed by atoms with Gasteiger partial charge in [-0.15, -0.1) is 22.7 Å². The molecule has 6 heterocycles. The van der Waals surface area contributed by atoms with Crippen molar-refractivity contribution in [1.29, 1.82) is 0 Å². The van der Waals surface area contributed by atoms with Crippen LogP contribution in [-0.2, 0) is 18.7 Å². The third kappa shape index (κ3) is 11.7. The van der Waals surface area contributed by atoms with Crippen LogP contribution in [0.3, 0.4) is 0 Å². The zero-order chi connectivity index (χ0) is 43.2. The van der Waals surface area contributed by atoms with Crippen LogP contribution < -0.4 is 10.6 Å². The van der Waals surface area contributed by atoms with Gasteiger partial charge >= 0.3 is 5.97 Å². The molecule has 0 radical (unpaired) electrons. The van der Waals surface area contributed by atoms with Crippen LogP contribution in [0.1, 0.15) is 79.5 Å². The minimum Gasteiger partial charge on any atom is -0.478 e. The number of benzene rings is 2. The fraction of sp³-hybridized carbons (Fsp3) is 0.488. The second kappa shape index (κ2) is 22.2. The highest BCUT2D eigenvalue weighted by Crippen LogP contribution is 2.39. The van der Waals surface area contributed by atoms with Crippen LogP contribution in [0.2, 0.25) is 0 Å². The third-order valence-electron chi connectivity index (χ3n) is 12.2. The predicted octanol–water partition coefficient (Wildman–Crippen LogP) is 9.56. The summed E-state index contributed by atoms with van der Waals surface area (Å²) >= 11 is 8.89. The number of carboxylic acid groups (broad SMARTS) is 1. The number of aromatic carboxylic acids is 1. The topological polar surface area (TPSA) is 172 Å². The predicted molar refractivity (Wildman–Crippen MR) is 258 cm³/mol. The van der Waals surface area contributed by atoms with Crippen molar-refractivity contribution in [2.45, 2.75) is 83.0 Å². The molecule has 2 aromatic carbocycles. The molecular formula is C43H51Cl3N8O6S3. The lowest BCUT2D eigenvalue weighted by molar-refractivity contribution is 0.00788. The first-order chi connectivity index (χ1) is 30.1. The second-order valence-corrected chi connectivity index (χ2v) is 20.7. The average Bonchev–Trinajstić information content (AvgIpc) is 3.86. The molecule has 2 aliphatic heterocycles. The van der Waals surface area contributed by atoms with Gasteiger partial charge < -0.3 is 25.2 Å². The smallest absolute Gasteiger partial charge is 0.335 e. The summed E-state index contributed by atoms with van der Waals surface area (Å²) in [5.74, 6) is 0.757.